The summed E-state index contributed by atoms with van der Waals surface area (Å²) in [6, 6.07) is 6.64. The molecule has 0 unspecified atom stereocenters. The lowest BCUT2D eigenvalue weighted by atomic mass is 10.0. The van der Waals surface area contributed by atoms with Gasteiger partial charge in [-0.3, -0.25) is 0 Å². The summed E-state index contributed by atoms with van der Waals surface area (Å²) < 4.78 is 0. The van der Waals surface area contributed by atoms with E-state index in [2.05, 4.69) is 47.2 Å². The minimum atomic E-state index is 1.04. The Kier molecular flexibility index (Phi) is 3.38. The van der Waals surface area contributed by atoms with Crippen LogP contribution in [0.15, 0.2) is 24.4 Å². The first-order valence-electron chi connectivity index (χ1n) is 7.07. The van der Waals surface area contributed by atoms with E-state index in [4.69, 9.17) is 0 Å². The molecule has 1 aromatic carbocycles. The van der Waals surface area contributed by atoms with Crippen molar-refractivity contribution in [3.05, 3.63) is 35.5 Å². The van der Waals surface area contributed by atoms with Gasteiger partial charge in [0.2, 0.25) is 0 Å². The molecule has 3 rings (SSSR count). The summed E-state index contributed by atoms with van der Waals surface area (Å²) in [5.74, 6) is 1.11. The smallest absolute Gasteiger partial charge is 0.129 e. The summed E-state index contributed by atoms with van der Waals surface area (Å²) in [5.41, 5.74) is 2.68. The molecular weight excluding hydrogens is 234 g/mol. The first-order chi connectivity index (χ1) is 9.25. The van der Waals surface area contributed by atoms with Crippen molar-refractivity contribution >= 4 is 16.6 Å². The molecule has 1 N–H and O–H groups in total. The van der Waals surface area contributed by atoms with E-state index in [1.54, 1.807) is 0 Å². The van der Waals surface area contributed by atoms with Crippen molar-refractivity contribution in [1.29, 1.82) is 0 Å². The number of aryl methyl sites for hydroxylation is 2. The van der Waals surface area contributed by atoms with Crippen molar-refractivity contribution in [1.82, 2.24) is 10.3 Å². The molecule has 2 heterocycles. The highest BCUT2D eigenvalue weighted by Gasteiger charge is 2.11. The Balaban J connectivity index is 1.99. The second-order valence-electron chi connectivity index (χ2n) is 5.36. The predicted octanol–water partition coefficient (Wildman–Crippen LogP) is 2.65. The van der Waals surface area contributed by atoms with Gasteiger partial charge in [0.25, 0.3) is 0 Å². The number of aromatic nitrogens is 1. The van der Waals surface area contributed by atoms with Crippen LogP contribution >= 0.6 is 0 Å². The second-order valence-corrected chi connectivity index (χ2v) is 5.36. The molecule has 19 heavy (non-hydrogen) atoms. The zero-order chi connectivity index (χ0) is 13.2. The standard InChI is InChI=1S/C16H21N3/c1-12-4-5-14-10-16(18-11-15(14)13(12)2)19-8-3-6-17-7-9-19/h4-5,10-11,17H,3,6-9H2,1-2H3. The van der Waals surface area contributed by atoms with Crippen molar-refractivity contribution in [2.45, 2.75) is 20.3 Å². The maximum Gasteiger partial charge on any atom is 0.129 e. The molecule has 0 radical (unpaired) electrons. The summed E-state index contributed by atoms with van der Waals surface area (Å²) >= 11 is 0. The fourth-order valence-corrected chi connectivity index (χ4v) is 2.71. The third-order valence-electron chi connectivity index (χ3n) is 4.09. The number of benzene rings is 1. The molecule has 3 nitrogen and oxygen atoms in total. The monoisotopic (exact) mass is 255 g/mol. The molecule has 0 aliphatic carbocycles. The van der Waals surface area contributed by atoms with Gasteiger partial charge in [0.05, 0.1) is 0 Å². The van der Waals surface area contributed by atoms with E-state index in [-0.39, 0.29) is 0 Å². The molecule has 100 valence electrons. The number of anilines is 1. The molecule has 1 aromatic heterocycles. The highest BCUT2D eigenvalue weighted by atomic mass is 15.2. The molecule has 3 heteroatoms. The van der Waals surface area contributed by atoms with Crippen molar-refractivity contribution in [3.63, 3.8) is 0 Å². The van der Waals surface area contributed by atoms with Crippen LogP contribution in [0.2, 0.25) is 0 Å². The topological polar surface area (TPSA) is 28.2 Å². The summed E-state index contributed by atoms with van der Waals surface area (Å²) in [6.45, 7) is 8.63. The van der Waals surface area contributed by atoms with Gasteiger partial charge in [-0.2, -0.15) is 0 Å². The zero-order valence-corrected chi connectivity index (χ0v) is 11.7. The third-order valence-corrected chi connectivity index (χ3v) is 4.09. The van der Waals surface area contributed by atoms with Crippen LogP contribution in [0.25, 0.3) is 10.8 Å². The van der Waals surface area contributed by atoms with Gasteiger partial charge >= 0.3 is 0 Å². The van der Waals surface area contributed by atoms with Crippen LogP contribution in [0, 0.1) is 13.8 Å². The number of hydrogen-bond donors (Lipinski definition) is 1. The molecule has 0 saturated carbocycles. The largest absolute Gasteiger partial charge is 0.355 e. The number of nitrogens with one attached hydrogen (secondary N) is 1. The lowest BCUT2D eigenvalue weighted by molar-refractivity contribution is 0.724. The van der Waals surface area contributed by atoms with E-state index in [0.717, 1.165) is 32.0 Å². The minimum absolute atomic E-state index is 1.04. The predicted molar refractivity (Wildman–Crippen MR) is 80.9 cm³/mol. The van der Waals surface area contributed by atoms with Crippen LogP contribution in [-0.2, 0) is 0 Å². The van der Waals surface area contributed by atoms with E-state index >= 15 is 0 Å². The number of rotatable bonds is 1. The van der Waals surface area contributed by atoms with Crippen molar-refractivity contribution in [3.8, 4) is 0 Å². The minimum Gasteiger partial charge on any atom is -0.355 e. The van der Waals surface area contributed by atoms with Gasteiger partial charge in [0, 0.05) is 31.2 Å². The highest BCUT2D eigenvalue weighted by molar-refractivity contribution is 5.87. The molecule has 1 aliphatic heterocycles. The Morgan fingerprint density at radius 1 is 1.16 bits per heavy atom. The Morgan fingerprint density at radius 2 is 2.05 bits per heavy atom. The quantitative estimate of drug-likeness (QED) is 0.849. The lowest BCUT2D eigenvalue weighted by Crippen LogP contribution is -2.28. The summed E-state index contributed by atoms with van der Waals surface area (Å²) in [6.07, 6.45) is 3.22. The molecule has 0 spiro atoms. The molecule has 1 aliphatic rings. The Morgan fingerprint density at radius 3 is 2.95 bits per heavy atom. The Bertz CT molecular complexity index is 584. The van der Waals surface area contributed by atoms with Crippen LogP contribution in [0.5, 0.6) is 0 Å². The number of hydrogen-bond acceptors (Lipinski definition) is 3. The van der Waals surface area contributed by atoms with E-state index in [0.29, 0.717) is 0 Å². The van der Waals surface area contributed by atoms with Crippen LogP contribution < -0.4 is 10.2 Å². The van der Waals surface area contributed by atoms with Gasteiger partial charge in [-0.15, -0.1) is 0 Å². The van der Waals surface area contributed by atoms with Gasteiger partial charge in [-0.25, -0.2) is 4.98 Å². The van der Waals surface area contributed by atoms with Gasteiger partial charge in [-0.05, 0) is 49.4 Å². The Hall–Kier alpha value is -1.61. The maximum absolute atomic E-state index is 4.67. The number of fused-ring (bicyclic) bond motifs is 1. The van der Waals surface area contributed by atoms with E-state index in [9.17, 15) is 0 Å². The Labute approximate surface area is 114 Å². The van der Waals surface area contributed by atoms with Gasteiger partial charge < -0.3 is 10.2 Å². The highest BCUT2D eigenvalue weighted by Crippen LogP contribution is 2.24. The SMILES string of the molecule is Cc1ccc2cc(N3CCCNCC3)ncc2c1C. The first-order valence-corrected chi connectivity index (χ1v) is 7.07. The summed E-state index contributed by atoms with van der Waals surface area (Å²) in [5, 5.41) is 6.00. The summed E-state index contributed by atoms with van der Waals surface area (Å²) in [7, 11) is 0. The van der Waals surface area contributed by atoms with Crippen LogP contribution in [-0.4, -0.2) is 31.2 Å². The van der Waals surface area contributed by atoms with Crippen molar-refractivity contribution in [2.24, 2.45) is 0 Å². The first kappa shape index (κ1) is 12.4. The number of pyridine rings is 1. The van der Waals surface area contributed by atoms with Crippen LogP contribution in [0.1, 0.15) is 17.5 Å². The number of nitrogens with zero attached hydrogens (tertiary/aromatic N) is 2. The summed E-state index contributed by atoms with van der Waals surface area (Å²) in [4.78, 5) is 7.06. The van der Waals surface area contributed by atoms with Crippen molar-refractivity contribution < 1.29 is 0 Å². The van der Waals surface area contributed by atoms with Gasteiger partial charge in [0.15, 0.2) is 0 Å². The molecule has 1 saturated heterocycles. The van der Waals surface area contributed by atoms with Gasteiger partial charge in [0.1, 0.15) is 5.82 Å². The molecule has 1 fully saturated rings. The fraction of sp³-hybridized carbons (Fsp3) is 0.438. The van der Waals surface area contributed by atoms with Crippen LogP contribution in [0.4, 0.5) is 5.82 Å². The molecule has 0 amide bonds. The average Bonchev–Trinajstić information content (AvgIpc) is 2.72. The van der Waals surface area contributed by atoms with Gasteiger partial charge in [-0.1, -0.05) is 12.1 Å². The van der Waals surface area contributed by atoms with E-state index in [1.807, 2.05) is 6.20 Å². The average molecular weight is 255 g/mol. The van der Waals surface area contributed by atoms with E-state index in [1.165, 1.54) is 28.3 Å². The molecule has 0 bridgehead atoms. The molecule has 2 aromatic rings. The third kappa shape index (κ3) is 2.43. The lowest BCUT2D eigenvalue weighted by Gasteiger charge is -2.21. The van der Waals surface area contributed by atoms with E-state index < -0.39 is 0 Å². The molecular formula is C16H21N3. The van der Waals surface area contributed by atoms with Crippen LogP contribution in [0.3, 0.4) is 0 Å². The zero-order valence-electron chi connectivity index (χ0n) is 11.7. The normalized spacial score (nSPS) is 16.6. The fourth-order valence-electron chi connectivity index (χ4n) is 2.71. The molecule has 0 atom stereocenters. The van der Waals surface area contributed by atoms with Crippen molar-refractivity contribution in [2.75, 3.05) is 31.1 Å². The maximum atomic E-state index is 4.67. The second kappa shape index (κ2) is 5.17.